The first kappa shape index (κ1) is 14.1. The monoisotopic (exact) mass is 273 g/mol. The van der Waals surface area contributed by atoms with Crippen LogP contribution >= 0.6 is 0 Å². The van der Waals surface area contributed by atoms with Gasteiger partial charge in [-0.2, -0.15) is 0 Å². The lowest BCUT2D eigenvalue weighted by molar-refractivity contribution is 0.0107. The Morgan fingerprint density at radius 3 is 2.90 bits per heavy atom. The summed E-state index contributed by atoms with van der Waals surface area (Å²) >= 11 is 0. The van der Waals surface area contributed by atoms with Crippen LogP contribution in [0.3, 0.4) is 0 Å². The van der Waals surface area contributed by atoms with E-state index in [4.69, 9.17) is 4.74 Å². The first-order chi connectivity index (χ1) is 9.81. The minimum atomic E-state index is 0.517. The lowest BCUT2D eigenvalue weighted by Gasteiger charge is -2.37. The summed E-state index contributed by atoms with van der Waals surface area (Å²) in [4.78, 5) is 0. The van der Waals surface area contributed by atoms with Gasteiger partial charge in [-0.05, 0) is 63.5 Å². The fraction of sp³-hybridized carbons (Fsp3) is 0.667. The Morgan fingerprint density at radius 2 is 2.15 bits per heavy atom. The zero-order valence-electron chi connectivity index (χ0n) is 12.6. The number of benzene rings is 1. The normalized spacial score (nSPS) is 29.9. The summed E-state index contributed by atoms with van der Waals surface area (Å²) in [6.07, 6.45) is 8.17. The first-order valence-electron chi connectivity index (χ1n) is 8.23. The van der Waals surface area contributed by atoms with Crippen LogP contribution in [0.1, 0.15) is 55.6 Å². The Balaban J connectivity index is 1.34. The summed E-state index contributed by atoms with van der Waals surface area (Å²) in [6.45, 7) is 4.28. The predicted molar refractivity (Wildman–Crippen MR) is 83.2 cm³/mol. The maximum Gasteiger partial charge on any atom is 0.0587 e. The van der Waals surface area contributed by atoms with Crippen molar-refractivity contribution in [3.05, 3.63) is 35.4 Å². The van der Waals surface area contributed by atoms with Gasteiger partial charge in [-0.25, -0.2) is 0 Å². The van der Waals surface area contributed by atoms with E-state index in [1.807, 2.05) is 0 Å². The van der Waals surface area contributed by atoms with Gasteiger partial charge in [0.1, 0.15) is 0 Å². The Hall–Kier alpha value is -0.860. The molecule has 0 aromatic heterocycles. The molecular weight excluding hydrogens is 246 g/mol. The Labute approximate surface area is 122 Å². The van der Waals surface area contributed by atoms with Crippen molar-refractivity contribution in [1.82, 2.24) is 5.32 Å². The van der Waals surface area contributed by atoms with Gasteiger partial charge in [0.25, 0.3) is 0 Å². The number of hydrogen-bond acceptors (Lipinski definition) is 2. The van der Waals surface area contributed by atoms with Crippen LogP contribution in [0.15, 0.2) is 24.3 Å². The lowest BCUT2D eigenvalue weighted by Crippen LogP contribution is -2.41. The molecule has 1 N–H and O–H groups in total. The van der Waals surface area contributed by atoms with Crippen LogP contribution in [0, 0.1) is 6.92 Å². The summed E-state index contributed by atoms with van der Waals surface area (Å²) in [7, 11) is 0. The molecule has 1 saturated heterocycles. The highest BCUT2D eigenvalue weighted by atomic mass is 16.5. The molecular formula is C18H27NO. The van der Waals surface area contributed by atoms with Gasteiger partial charge >= 0.3 is 0 Å². The van der Waals surface area contributed by atoms with Crippen molar-refractivity contribution >= 4 is 0 Å². The summed E-state index contributed by atoms with van der Waals surface area (Å²) in [5.41, 5.74) is 2.91. The standard InChI is InChI=1S/C18H27NO/c1-14-5-4-6-15(11-14)16-12-17(13-16)19-9-8-18-7-2-3-10-20-18/h4-6,11,16-19H,2-3,7-10,12-13H2,1H3. The third-order valence-electron chi connectivity index (χ3n) is 4.82. The smallest absolute Gasteiger partial charge is 0.0587 e. The molecule has 1 aliphatic heterocycles. The van der Waals surface area contributed by atoms with Crippen molar-refractivity contribution in [2.24, 2.45) is 0 Å². The zero-order valence-corrected chi connectivity index (χ0v) is 12.6. The molecule has 110 valence electrons. The van der Waals surface area contributed by atoms with E-state index in [-0.39, 0.29) is 0 Å². The Morgan fingerprint density at radius 1 is 1.25 bits per heavy atom. The molecule has 0 amide bonds. The third-order valence-corrected chi connectivity index (χ3v) is 4.82. The molecule has 2 aliphatic rings. The minimum absolute atomic E-state index is 0.517. The summed E-state index contributed by atoms with van der Waals surface area (Å²) in [5.74, 6) is 0.776. The maximum atomic E-state index is 5.78. The van der Waals surface area contributed by atoms with Gasteiger partial charge in [0.15, 0.2) is 0 Å². The van der Waals surface area contributed by atoms with E-state index in [1.54, 1.807) is 0 Å². The molecule has 0 bridgehead atoms. The van der Waals surface area contributed by atoms with Gasteiger partial charge in [0.05, 0.1) is 6.10 Å². The zero-order chi connectivity index (χ0) is 13.8. The van der Waals surface area contributed by atoms with Crippen LogP contribution < -0.4 is 5.32 Å². The fourth-order valence-electron chi connectivity index (χ4n) is 3.46. The predicted octanol–water partition coefficient (Wildman–Crippen LogP) is 3.79. The summed E-state index contributed by atoms with van der Waals surface area (Å²) in [6, 6.07) is 9.72. The number of nitrogens with one attached hydrogen (secondary N) is 1. The highest BCUT2D eigenvalue weighted by Gasteiger charge is 2.29. The van der Waals surface area contributed by atoms with E-state index in [2.05, 4.69) is 36.5 Å². The molecule has 1 aromatic carbocycles. The van der Waals surface area contributed by atoms with Crippen LogP contribution in [0.25, 0.3) is 0 Å². The molecule has 20 heavy (non-hydrogen) atoms. The second-order valence-electron chi connectivity index (χ2n) is 6.51. The molecule has 1 aromatic rings. The van der Waals surface area contributed by atoms with Gasteiger partial charge in [0.2, 0.25) is 0 Å². The second kappa shape index (κ2) is 6.73. The minimum Gasteiger partial charge on any atom is -0.378 e. The van der Waals surface area contributed by atoms with Gasteiger partial charge in [-0.3, -0.25) is 0 Å². The Kier molecular flexibility index (Phi) is 4.74. The van der Waals surface area contributed by atoms with Crippen molar-refractivity contribution in [1.29, 1.82) is 0 Å². The highest BCUT2D eigenvalue weighted by Crippen LogP contribution is 2.37. The van der Waals surface area contributed by atoms with Crippen molar-refractivity contribution in [3.63, 3.8) is 0 Å². The van der Waals surface area contributed by atoms with E-state index in [1.165, 1.54) is 49.7 Å². The topological polar surface area (TPSA) is 21.3 Å². The lowest BCUT2D eigenvalue weighted by atomic mass is 9.75. The number of ether oxygens (including phenoxy) is 1. The van der Waals surface area contributed by atoms with E-state index < -0.39 is 0 Å². The highest BCUT2D eigenvalue weighted by molar-refractivity contribution is 5.27. The van der Waals surface area contributed by atoms with Crippen LogP contribution in [0.4, 0.5) is 0 Å². The van der Waals surface area contributed by atoms with E-state index in [0.29, 0.717) is 6.10 Å². The molecule has 0 radical (unpaired) electrons. The van der Waals surface area contributed by atoms with Crippen LogP contribution in [0.2, 0.25) is 0 Å². The first-order valence-corrected chi connectivity index (χ1v) is 8.23. The van der Waals surface area contributed by atoms with Crippen molar-refractivity contribution in [3.8, 4) is 0 Å². The quantitative estimate of drug-likeness (QED) is 0.881. The van der Waals surface area contributed by atoms with Gasteiger partial charge in [-0.15, -0.1) is 0 Å². The number of aryl methyl sites for hydroxylation is 1. The van der Waals surface area contributed by atoms with Crippen molar-refractivity contribution < 1.29 is 4.74 Å². The van der Waals surface area contributed by atoms with Crippen molar-refractivity contribution in [2.75, 3.05) is 13.2 Å². The van der Waals surface area contributed by atoms with Gasteiger partial charge < -0.3 is 10.1 Å². The molecule has 3 rings (SSSR count). The molecule has 2 heteroatoms. The SMILES string of the molecule is Cc1cccc(C2CC(NCCC3CCCCO3)C2)c1. The average Bonchev–Trinajstić information content (AvgIpc) is 2.42. The maximum absolute atomic E-state index is 5.78. The molecule has 1 unspecified atom stereocenters. The fourth-order valence-corrected chi connectivity index (χ4v) is 3.46. The molecule has 1 aliphatic carbocycles. The van der Waals surface area contributed by atoms with E-state index in [9.17, 15) is 0 Å². The second-order valence-corrected chi connectivity index (χ2v) is 6.51. The largest absolute Gasteiger partial charge is 0.378 e. The molecule has 1 saturated carbocycles. The van der Waals surface area contributed by atoms with Gasteiger partial charge in [-0.1, -0.05) is 29.8 Å². The van der Waals surface area contributed by atoms with Crippen LogP contribution in [0.5, 0.6) is 0 Å². The Bertz CT molecular complexity index is 419. The summed E-state index contributed by atoms with van der Waals surface area (Å²) < 4.78 is 5.78. The molecule has 1 atom stereocenters. The van der Waals surface area contributed by atoms with E-state index >= 15 is 0 Å². The number of rotatable bonds is 5. The third kappa shape index (κ3) is 3.62. The summed E-state index contributed by atoms with van der Waals surface area (Å²) in [5, 5.41) is 3.70. The average molecular weight is 273 g/mol. The molecule has 1 heterocycles. The van der Waals surface area contributed by atoms with E-state index in [0.717, 1.165) is 25.1 Å². The van der Waals surface area contributed by atoms with Crippen LogP contribution in [-0.2, 0) is 4.74 Å². The molecule has 2 nitrogen and oxygen atoms in total. The number of hydrogen-bond donors (Lipinski definition) is 1. The molecule has 2 fully saturated rings. The van der Waals surface area contributed by atoms with Gasteiger partial charge in [0, 0.05) is 12.6 Å². The van der Waals surface area contributed by atoms with Crippen LogP contribution in [-0.4, -0.2) is 25.3 Å². The van der Waals surface area contributed by atoms with Crippen molar-refractivity contribution in [2.45, 2.75) is 63.5 Å². The molecule has 0 spiro atoms.